The molecular formula is C30H29ClF4N8O. The van der Waals surface area contributed by atoms with Crippen molar-refractivity contribution in [2.45, 2.75) is 51.4 Å². The van der Waals surface area contributed by atoms with E-state index in [-0.39, 0.29) is 51.4 Å². The number of alkyl halides is 3. The Balaban J connectivity index is 1.67. The Morgan fingerprint density at radius 3 is 2.57 bits per heavy atom. The maximum Gasteiger partial charge on any atom is 0.413 e. The molecule has 0 saturated heterocycles. The number of halogens is 5. The standard InChI is InChI=1S/C30H29ClF4N8O/c1-28(2,3)15-39-24-16(12-36)13-38-25-20(24)10-17(31)11-21(25)40-26(18-6-5-7-19(23(18)32)27(44)37-4)22-14-43(42-41-22)29(8-9-29)30(33,34)35/h5-7,10-11,13-14,26,40H,8-9,15H2,1-4H3,(H,37,44)(H,38,39)/t26-/m0/s1. The number of anilines is 2. The summed E-state index contributed by atoms with van der Waals surface area (Å²) in [6.45, 7) is 6.60. The van der Waals surface area contributed by atoms with E-state index in [0.29, 0.717) is 23.1 Å². The van der Waals surface area contributed by atoms with Crippen molar-refractivity contribution in [1.29, 1.82) is 5.26 Å². The third-order valence-electron chi connectivity index (χ3n) is 7.46. The Morgan fingerprint density at radius 2 is 1.95 bits per heavy atom. The molecule has 9 nitrogen and oxygen atoms in total. The Hall–Kier alpha value is -4.44. The first-order valence-corrected chi connectivity index (χ1v) is 14.1. The van der Waals surface area contributed by atoms with Gasteiger partial charge in [0.25, 0.3) is 5.91 Å². The summed E-state index contributed by atoms with van der Waals surface area (Å²) in [5, 5.41) is 27.2. The number of nitriles is 1. The molecule has 0 unspecified atom stereocenters. The zero-order chi connectivity index (χ0) is 32.0. The van der Waals surface area contributed by atoms with Crippen LogP contribution in [-0.4, -0.2) is 45.7 Å². The van der Waals surface area contributed by atoms with Crippen LogP contribution >= 0.6 is 11.6 Å². The first-order chi connectivity index (χ1) is 20.7. The maximum atomic E-state index is 15.9. The number of aromatic nitrogens is 4. The molecule has 4 aromatic rings. The number of nitrogens with zero attached hydrogens (tertiary/aromatic N) is 5. The Kier molecular flexibility index (Phi) is 7.92. The van der Waals surface area contributed by atoms with Crippen molar-refractivity contribution >= 4 is 39.8 Å². The van der Waals surface area contributed by atoms with Crippen molar-refractivity contribution in [2.75, 3.05) is 24.2 Å². The summed E-state index contributed by atoms with van der Waals surface area (Å²) >= 11 is 6.53. The molecule has 1 fully saturated rings. The summed E-state index contributed by atoms with van der Waals surface area (Å²) in [5.74, 6) is -1.58. The number of amides is 1. The van der Waals surface area contributed by atoms with Crippen LogP contribution in [0.15, 0.2) is 42.7 Å². The molecular weight excluding hydrogens is 600 g/mol. The van der Waals surface area contributed by atoms with Crippen molar-refractivity contribution in [3.05, 3.63) is 75.9 Å². The van der Waals surface area contributed by atoms with Gasteiger partial charge in [0.05, 0.1) is 34.2 Å². The molecule has 0 radical (unpaired) electrons. The number of hydrogen-bond acceptors (Lipinski definition) is 7. The van der Waals surface area contributed by atoms with E-state index in [0.717, 1.165) is 10.9 Å². The molecule has 0 spiro atoms. The van der Waals surface area contributed by atoms with Gasteiger partial charge in [-0.1, -0.05) is 49.7 Å². The highest BCUT2D eigenvalue weighted by Gasteiger charge is 2.66. The molecule has 2 heterocycles. The quantitative estimate of drug-likeness (QED) is 0.189. The van der Waals surface area contributed by atoms with E-state index >= 15 is 4.39 Å². The number of carbonyl (C=O) groups excluding carboxylic acids is 1. The Labute approximate surface area is 255 Å². The molecule has 1 atom stereocenters. The molecule has 2 aromatic heterocycles. The predicted molar refractivity (Wildman–Crippen MR) is 158 cm³/mol. The molecule has 0 bridgehead atoms. The lowest BCUT2D eigenvalue weighted by atomic mass is 9.96. The van der Waals surface area contributed by atoms with Gasteiger partial charge in [-0.2, -0.15) is 18.4 Å². The van der Waals surface area contributed by atoms with Crippen LogP contribution in [0.25, 0.3) is 10.9 Å². The number of hydrogen-bond donors (Lipinski definition) is 3. The first kappa shape index (κ1) is 31.0. The molecule has 14 heteroatoms. The van der Waals surface area contributed by atoms with Gasteiger partial charge in [-0.3, -0.25) is 9.78 Å². The minimum atomic E-state index is -4.56. The summed E-state index contributed by atoms with van der Waals surface area (Å²) in [6, 6.07) is 8.24. The molecule has 2 aromatic carbocycles. The highest BCUT2D eigenvalue weighted by Crippen LogP contribution is 2.55. The van der Waals surface area contributed by atoms with Crippen LogP contribution in [0, 0.1) is 22.6 Å². The van der Waals surface area contributed by atoms with Crippen LogP contribution in [0.1, 0.15) is 66.8 Å². The molecule has 1 aliphatic rings. The SMILES string of the molecule is CNC(=O)c1cccc([C@H](Nc2cc(Cl)cc3c(NCC(C)(C)C)c(C#N)cnc23)c2cn(C3(C(F)(F)F)CC3)nn2)c1F. The van der Waals surface area contributed by atoms with Gasteiger partial charge in [0.1, 0.15) is 23.6 Å². The van der Waals surface area contributed by atoms with Gasteiger partial charge in [-0.05, 0) is 36.5 Å². The van der Waals surface area contributed by atoms with E-state index in [1.54, 1.807) is 6.07 Å². The molecule has 3 N–H and O–H groups in total. The van der Waals surface area contributed by atoms with Gasteiger partial charge in [0.15, 0.2) is 5.54 Å². The number of nitrogens with one attached hydrogen (secondary N) is 3. The highest BCUT2D eigenvalue weighted by molar-refractivity contribution is 6.32. The topological polar surface area (TPSA) is 121 Å². The molecule has 0 aliphatic heterocycles. The van der Waals surface area contributed by atoms with Crippen LogP contribution in [0.5, 0.6) is 0 Å². The van der Waals surface area contributed by atoms with Gasteiger partial charge >= 0.3 is 6.18 Å². The average molecular weight is 629 g/mol. The first-order valence-electron chi connectivity index (χ1n) is 13.7. The van der Waals surface area contributed by atoms with E-state index in [2.05, 4.69) is 37.3 Å². The summed E-state index contributed by atoms with van der Waals surface area (Å²) in [7, 11) is 1.35. The average Bonchev–Trinajstić information content (AvgIpc) is 3.65. The van der Waals surface area contributed by atoms with Gasteiger partial charge in [0.2, 0.25) is 0 Å². The summed E-state index contributed by atoms with van der Waals surface area (Å²) in [5.41, 5.74) is -1.26. The second kappa shape index (κ2) is 11.2. The molecule has 5 rings (SSSR count). The molecule has 230 valence electrons. The second-order valence-electron chi connectivity index (χ2n) is 11.9. The monoisotopic (exact) mass is 628 g/mol. The third kappa shape index (κ3) is 5.74. The van der Waals surface area contributed by atoms with Crippen molar-refractivity contribution in [1.82, 2.24) is 25.3 Å². The zero-order valence-corrected chi connectivity index (χ0v) is 25.0. The highest BCUT2D eigenvalue weighted by atomic mass is 35.5. The van der Waals surface area contributed by atoms with E-state index < -0.39 is 29.5 Å². The van der Waals surface area contributed by atoms with E-state index in [4.69, 9.17) is 11.6 Å². The van der Waals surface area contributed by atoms with Gasteiger partial charge in [0, 0.05) is 35.8 Å². The third-order valence-corrected chi connectivity index (χ3v) is 7.68. The van der Waals surface area contributed by atoms with E-state index in [9.17, 15) is 23.2 Å². The van der Waals surface area contributed by atoms with Crippen molar-refractivity contribution in [2.24, 2.45) is 5.41 Å². The molecule has 1 saturated carbocycles. The fraction of sp³-hybridized carbons (Fsp3) is 0.367. The predicted octanol–water partition coefficient (Wildman–Crippen LogP) is 6.56. The minimum Gasteiger partial charge on any atom is -0.383 e. The fourth-order valence-electron chi connectivity index (χ4n) is 4.93. The minimum absolute atomic E-state index is 0.0265. The lowest BCUT2D eigenvalue weighted by Crippen LogP contribution is -2.35. The second-order valence-corrected chi connectivity index (χ2v) is 12.3. The number of carbonyl (C=O) groups is 1. The fourth-order valence-corrected chi connectivity index (χ4v) is 5.15. The maximum absolute atomic E-state index is 15.9. The van der Waals surface area contributed by atoms with Crippen LogP contribution in [-0.2, 0) is 5.54 Å². The van der Waals surface area contributed by atoms with Crippen LogP contribution in [0.4, 0.5) is 28.9 Å². The molecule has 1 amide bonds. The zero-order valence-electron chi connectivity index (χ0n) is 24.3. The van der Waals surface area contributed by atoms with E-state index in [1.165, 1.54) is 37.5 Å². The van der Waals surface area contributed by atoms with Gasteiger partial charge in [-0.15, -0.1) is 5.10 Å². The summed E-state index contributed by atoms with van der Waals surface area (Å²) in [6.07, 6.45) is -2.36. The van der Waals surface area contributed by atoms with Gasteiger partial charge in [-0.25, -0.2) is 9.07 Å². The number of rotatable bonds is 8. The molecule has 1 aliphatic carbocycles. The summed E-state index contributed by atoms with van der Waals surface area (Å²) < 4.78 is 58.4. The normalized spacial score (nSPS) is 15.0. The lowest BCUT2D eigenvalue weighted by molar-refractivity contribution is -0.182. The Morgan fingerprint density at radius 1 is 1.23 bits per heavy atom. The smallest absolute Gasteiger partial charge is 0.383 e. The number of benzene rings is 2. The van der Waals surface area contributed by atoms with Crippen molar-refractivity contribution in [3.8, 4) is 6.07 Å². The van der Waals surface area contributed by atoms with Crippen LogP contribution < -0.4 is 16.0 Å². The van der Waals surface area contributed by atoms with Crippen LogP contribution in [0.3, 0.4) is 0 Å². The lowest BCUT2D eigenvalue weighted by Gasteiger charge is -2.23. The number of pyridine rings is 1. The van der Waals surface area contributed by atoms with E-state index in [1.807, 2.05) is 20.8 Å². The van der Waals surface area contributed by atoms with Gasteiger partial charge < -0.3 is 16.0 Å². The largest absolute Gasteiger partial charge is 0.413 e. The van der Waals surface area contributed by atoms with Crippen molar-refractivity contribution in [3.63, 3.8) is 0 Å². The van der Waals surface area contributed by atoms with Crippen molar-refractivity contribution < 1.29 is 22.4 Å². The summed E-state index contributed by atoms with van der Waals surface area (Å²) in [4.78, 5) is 16.9. The number of fused-ring (bicyclic) bond motifs is 1. The van der Waals surface area contributed by atoms with Crippen LogP contribution in [0.2, 0.25) is 5.02 Å². The Bertz CT molecular complexity index is 1790. The molecule has 44 heavy (non-hydrogen) atoms.